The lowest BCUT2D eigenvalue weighted by Crippen LogP contribution is -2.28. The molecule has 0 radical (unpaired) electrons. The fourth-order valence-corrected chi connectivity index (χ4v) is 1.45. The van der Waals surface area contributed by atoms with Gasteiger partial charge in [-0.25, -0.2) is 0 Å². The molecule has 1 unspecified atom stereocenters. The molecule has 0 spiro atoms. The fourth-order valence-electron chi connectivity index (χ4n) is 1.45. The molecule has 0 aromatic heterocycles. The molecule has 0 fully saturated rings. The van der Waals surface area contributed by atoms with E-state index < -0.39 is 0 Å². The van der Waals surface area contributed by atoms with Gasteiger partial charge >= 0.3 is 0 Å². The Balaban J connectivity index is 2.47. The monoisotopic (exact) mass is 153 g/mol. The lowest BCUT2D eigenvalue weighted by Gasteiger charge is -2.15. The molecule has 0 aromatic rings. The summed E-state index contributed by atoms with van der Waals surface area (Å²) in [6, 6.07) is 0. The van der Waals surface area contributed by atoms with Gasteiger partial charge in [-0.15, -0.1) is 0 Å². The van der Waals surface area contributed by atoms with E-state index in [1.165, 1.54) is 5.57 Å². The Hall–Kier alpha value is -0.790. The summed E-state index contributed by atoms with van der Waals surface area (Å²) in [7, 11) is 3.63. The summed E-state index contributed by atoms with van der Waals surface area (Å²) in [5.74, 6) is 0.489. The second-order valence-corrected chi connectivity index (χ2v) is 3.42. The van der Waals surface area contributed by atoms with Crippen molar-refractivity contribution >= 4 is 5.91 Å². The number of carbonyl (C=O) groups is 1. The van der Waals surface area contributed by atoms with Crippen LogP contribution in [0.3, 0.4) is 0 Å². The van der Waals surface area contributed by atoms with Crippen LogP contribution in [0.2, 0.25) is 0 Å². The Labute approximate surface area is 67.9 Å². The maximum Gasteiger partial charge on any atom is 0.225 e. The molecule has 1 atom stereocenters. The van der Waals surface area contributed by atoms with Gasteiger partial charge in [0.1, 0.15) is 0 Å². The normalized spacial score (nSPS) is 23.2. The van der Waals surface area contributed by atoms with Gasteiger partial charge in [0.15, 0.2) is 0 Å². The van der Waals surface area contributed by atoms with Crippen LogP contribution in [0.15, 0.2) is 11.6 Å². The smallest absolute Gasteiger partial charge is 0.225 e. The van der Waals surface area contributed by atoms with Gasteiger partial charge in [-0.2, -0.15) is 0 Å². The Morgan fingerprint density at radius 2 is 2.27 bits per heavy atom. The number of hydrogen-bond acceptors (Lipinski definition) is 1. The summed E-state index contributed by atoms with van der Waals surface area (Å²) in [6.45, 7) is 2.09. The van der Waals surface area contributed by atoms with Crippen molar-refractivity contribution in [2.75, 3.05) is 14.1 Å². The van der Waals surface area contributed by atoms with Crippen LogP contribution in [0, 0.1) is 5.92 Å². The SMILES string of the molecule is CC1=CCC(C(=O)N(C)C)C1. The first-order chi connectivity index (χ1) is 5.11. The van der Waals surface area contributed by atoms with Crippen LogP contribution in [-0.2, 0) is 4.79 Å². The lowest BCUT2D eigenvalue weighted by atomic mass is 10.0. The lowest BCUT2D eigenvalue weighted by molar-refractivity contribution is -0.132. The number of amides is 1. The van der Waals surface area contributed by atoms with E-state index in [1.54, 1.807) is 4.90 Å². The third-order valence-corrected chi connectivity index (χ3v) is 2.11. The number of allylic oxidation sites excluding steroid dienone is 2. The van der Waals surface area contributed by atoms with E-state index in [2.05, 4.69) is 13.0 Å². The molecule has 0 aliphatic heterocycles. The second-order valence-electron chi connectivity index (χ2n) is 3.42. The van der Waals surface area contributed by atoms with E-state index in [4.69, 9.17) is 0 Å². The average molecular weight is 153 g/mol. The van der Waals surface area contributed by atoms with Crippen LogP contribution in [0.5, 0.6) is 0 Å². The molecule has 2 heteroatoms. The zero-order chi connectivity index (χ0) is 8.43. The van der Waals surface area contributed by atoms with Crippen molar-refractivity contribution in [3.05, 3.63) is 11.6 Å². The minimum atomic E-state index is 0.227. The quantitative estimate of drug-likeness (QED) is 0.522. The molecule has 1 aliphatic carbocycles. The topological polar surface area (TPSA) is 20.3 Å². The first kappa shape index (κ1) is 8.31. The van der Waals surface area contributed by atoms with Crippen LogP contribution in [0.4, 0.5) is 0 Å². The number of nitrogens with zero attached hydrogens (tertiary/aromatic N) is 1. The molecule has 2 nitrogen and oxygen atoms in total. The molecule has 0 saturated carbocycles. The van der Waals surface area contributed by atoms with Gasteiger partial charge in [0.2, 0.25) is 5.91 Å². The van der Waals surface area contributed by atoms with Gasteiger partial charge < -0.3 is 4.90 Å². The fraction of sp³-hybridized carbons (Fsp3) is 0.667. The molecule has 0 bridgehead atoms. The summed E-state index contributed by atoms with van der Waals surface area (Å²) >= 11 is 0. The Morgan fingerprint density at radius 3 is 2.64 bits per heavy atom. The molecule has 1 rings (SSSR count). The van der Waals surface area contributed by atoms with E-state index in [0.29, 0.717) is 0 Å². The van der Waals surface area contributed by atoms with Crippen molar-refractivity contribution in [1.82, 2.24) is 4.90 Å². The van der Waals surface area contributed by atoms with E-state index in [-0.39, 0.29) is 11.8 Å². The predicted molar refractivity (Wildman–Crippen MR) is 45.2 cm³/mol. The number of hydrogen-bond donors (Lipinski definition) is 0. The summed E-state index contributed by atoms with van der Waals surface area (Å²) in [5, 5.41) is 0. The van der Waals surface area contributed by atoms with E-state index >= 15 is 0 Å². The van der Waals surface area contributed by atoms with Crippen LogP contribution < -0.4 is 0 Å². The maximum atomic E-state index is 11.4. The highest BCUT2D eigenvalue weighted by Gasteiger charge is 2.22. The molecule has 1 amide bonds. The summed E-state index contributed by atoms with van der Waals surface area (Å²) in [6.07, 6.45) is 4.05. The van der Waals surface area contributed by atoms with Gasteiger partial charge in [-0.1, -0.05) is 11.6 Å². The second kappa shape index (κ2) is 3.07. The summed E-state index contributed by atoms with van der Waals surface area (Å²) in [5.41, 5.74) is 1.35. The van der Waals surface area contributed by atoms with Crippen molar-refractivity contribution in [1.29, 1.82) is 0 Å². The van der Waals surface area contributed by atoms with Gasteiger partial charge in [0.05, 0.1) is 0 Å². The molecule has 11 heavy (non-hydrogen) atoms. The van der Waals surface area contributed by atoms with Crippen molar-refractivity contribution in [3.63, 3.8) is 0 Å². The average Bonchev–Trinajstić information content (AvgIpc) is 2.34. The maximum absolute atomic E-state index is 11.4. The van der Waals surface area contributed by atoms with Crippen LogP contribution in [-0.4, -0.2) is 24.9 Å². The first-order valence-electron chi connectivity index (χ1n) is 3.98. The van der Waals surface area contributed by atoms with Crippen LogP contribution in [0.25, 0.3) is 0 Å². The zero-order valence-electron chi connectivity index (χ0n) is 7.42. The molecule has 62 valence electrons. The Bertz CT molecular complexity index is 194. The summed E-state index contributed by atoms with van der Waals surface area (Å²) in [4.78, 5) is 13.1. The van der Waals surface area contributed by atoms with Gasteiger partial charge in [-0.3, -0.25) is 4.79 Å². The third kappa shape index (κ3) is 1.82. The minimum absolute atomic E-state index is 0.227. The molecule has 0 aromatic carbocycles. The number of rotatable bonds is 1. The van der Waals surface area contributed by atoms with Gasteiger partial charge in [0, 0.05) is 20.0 Å². The molecule has 0 saturated heterocycles. The van der Waals surface area contributed by atoms with E-state index in [9.17, 15) is 4.79 Å². The van der Waals surface area contributed by atoms with Crippen molar-refractivity contribution in [2.24, 2.45) is 5.92 Å². The minimum Gasteiger partial charge on any atom is -0.349 e. The van der Waals surface area contributed by atoms with Crippen molar-refractivity contribution in [3.8, 4) is 0 Å². The van der Waals surface area contributed by atoms with Crippen molar-refractivity contribution < 1.29 is 4.79 Å². The molecular weight excluding hydrogens is 138 g/mol. The Morgan fingerprint density at radius 1 is 1.64 bits per heavy atom. The highest BCUT2D eigenvalue weighted by Crippen LogP contribution is 2.25. The van der Waals surface area contributed by atoms with Gasteiger partial charge in [0.25, 0.3) is 0 Å². The highest BCUT2D eigenvalue weighted by molar-refractivity contribution is 5.79. The van der Waals surface area contributed by atoms with E-state index in [1.807, 2.05) is 14.1 Å². The molecular formula is C9H15NO. The standard InChI is InChI=1S/C9H15NO/c1-7-4-5-8(6-7)9(11)10(2)3/h4,8H,5-6H2,1-3H3. The summed E-state index contributed by atoms with van der Waals surface area (Å²) < 4.78 is 0. The van der Waals surface area contributed by atoms with Crippen LogP contribution in [0.1, 0.15) is 19.8 Å². The highest BCUT2D eigenvalue weighted by atomic mass is 16.2. The third-order valence-electron chi connectivity index (χ3n) is 2.11. The predicted octanol–water partition coefficient (Wildman–Crippen LogP) is 1.43. The van der Waals surface area contributed by atoms with E-state index in [0.717, 1.165) is 12.8 Å². The molecule has 0 N–H and O–H groups in total. The first-order valence-corrected chi connectivity index (χ1v) is 3.98. The van der Waals surface area contributed by atoms with Crippen molar-refractivity contribution in [2.45, 2.75) is 19.8 Å². The zero-order valence-corrected chi connectivity index (χ0v) is 7.42. The van der Waals surface area contributed by atoms with Gasteiger partial charge in [-0.05, 0) is 19.8 Å². The molecule has 1 aliphatic rings. The van der Waals surface area contributed by atoms with Crippen LogP contribution >= 0.6 is 0 Å². The Kier molecular flexibility index (Phi) is 2.32. The number of carbonyl (C=O) groups excluding carboxylic acids is 1. The molecule has 0 heterocycles. The largest absolute Gasteiger partial charge is 0.349 e.